The molecule has 3 N–H and O–H groups in total. The molecule has 0 saturated heterocycles. The number of benzene rings is 2. The van der Waals surface area contributed by atoms with Gasteiger partial charge in [-0.3, -0.25) is 14.9 Å². The van der Waals surface area contributed by atoms with Crippen LogP contribution < -0.4 is 5.32 Å². The zero-order valence-corrected chi connectivity index (χ0v) is 14.3. The van der Waals surface area contributed by atoms with E-state index < -0.39 is 4.92 Å². The summed E-state index contributed by atoms with van der Waals surface area (Å²) in [6.45, 7) is 0. The molecular formula is C19H13N5O4. The fourth-order valence-electron chi connectivity index (χ4n) is 2.74. The first-order valence-corrected chi connectivity index (χ1v) is 8.21. The molecule has 0 bridgehead atoms. The number of nitro groups is 1. The van der Waals surface area contributed by atoms with Crippen molar-refractivity contribution in [3.8, 4) is 17.1 Å². The fraction of sp³-hybridized carbons (Fsp3) is 0. The number of fused-ring (bicyclic) bond motifs is 1. The number of carbonyl (C=O) groups is 1. The molecule has 0 aliphatic carbocycles. The normalized spacial score (nSPS) is 10.7. The molecule has 2 heterocycles. The topological polar surface area (TPSA) is 134 Å². The average Bonchev–Trinajstić information content (AvgIpc) is 3.11. The summed E-state index contributed by atoms with van der Waals surface area (Å²) in [6, 6.07) is 13.9. The van der Waals surface area contributed by atoms with Gasteiger partial charge in [-0.2, -0.15) is 0 Å². The van der Waals surface area contributed by atoms with E-state index in [1.807, 2.05) is 0 Å². The molecule has 2 aromatic carbocycles. The summed E-state index contributed by atoms with van der Waals surface area (Å²) < 4.78 is 0. The SMILES string of the molecule is O=C(Nc1ccccn1)c1ccc2nc(-c3ccc([N+](=O)[O-])cc3O)[nH]c2c1. The molecule has 4 rings (SSSR count). The Kier molecular flexibility index (Phi) is 4.17. The van der Waals surface area contributed by atoms with E-state index in [1.54, 1.807) is 42.6 Å². The molecule has 0 spiro atoms. The van der Waals surface area contributed by atoms with Gasteiger partial charge >= 0.3 is 0 Å². The number of pyridine rings is 1. The summed E-state index contributed by atoms with van der Waals surface area (Å²) in [5.41, 5.74) is 1.68. The van der Waals surface area contributed by atoms with Gasteiger partial charge in [0.2, 0.25) is 0 Å². The maximum atomic E-state index is 12.4. The molecule has 9 heteroatoms. The number of aromatic amines is 1. The third kappa shape index (κ3) is 3.23. The number of H-pyrrole nitrogens is 1. The van der Waals surface area contributed by atoms with Gasteiger partial charge in [0.1, 0.15) is 17.4 Å². The molecule has 0 aliphatic rings. The number of aromatic hydroxyl groups is 1. The predicted octanol–water partition coefficient (Wildman–Crippen LogP) is 3.49. The summed E-state index contributed by atoms with van der Waals surface area (Å²) >= 11 is 0. The van der Waals surface area contributed by atoms with Crippen molar-refractivity contribution in [1.82, 2.24) is 15.0 Å². The number of rotatable bonds is 4. The van der Waals surface area contributed by atoms with Gasteiger partial charge in [0, 0.05) is 17.8 Å². The van der Waals surface area contributed by atoms with Crippen molar-refractivity contribution in [2.24, 2.45) is 0 Å². The van der Waals surface area contributed by atoms with E-state index in [1.165, 1.54) is 12.1 Å². The molecule has 9 nitrogen and oxygen atoms in total. The van der Waals surface area contributed by atoms with Crippen LogP contribution >= 0.6 is 0 Å². The van der Waals surface area contributed by atoms with Crippen LogP contribution in [0.1, 0.15) is 10.4 Å². The number of aromatic nitrogens is 3. The number of nitrogens with zero attached hydrogens (tertiary/aromatic N) is 3. The third-order valence-corrected chi connectivity index (χ3v) is 4.10. The Morgan fingerprint density at radius 3 is 2.71 bits per heavy atom. The second kappa shape index (κ2) is 6.80. The van der Waals surface area contributed by atoms with Gasteiger partial charge in [-0.1, -0.05) is 6.07 Å². The zero-order valence-electron chi connectivity index (χ0n) is 14.3. The Hall–Kier alpha value is -4.27. The van der Waals surface area contributed by atoms with Crippen LogP contribution in [-0.4, -0.2) is 30.9 Å². The summed E-state index contributed by atoms with van der Waals surface area (Å²) in [5, 5.41) is 23.6. The lowest BCUT2D eigenvalue weighted by Crippen LogP contribution is -2.12. The third-order valence-electron chi connectivity index (χ3n) is 4.10. The fourth-order valence-corrected chi connectivity index (χ4v) is 2.74. The number of nitro benzene ring substituents is 1. The van der Waals surface area contributed by atoms with Crippen LogP contribution in [0.15, 0.2) is 60.8 Å². The van der Waals surface area contributed by atoms with Crippen LogP contribution in [0.5, 0.6) is 5.75 Å². The Bertz CT molecular complexity index is 1200. The van der Waals surface area contributed by atoms with Crippen LogP contribution in [0, 0.1) is 10.1 Å². The average molecular weight is 375 g/mol. The van der Waals surface area contributed by atoms with Crippen molar-refractivity contribution in [1.29, 1.82) is 0 Å². The van der Waals surface area contributed by atoms with Gasteiger partial charge in [-0.05, 0) is 36.4 Å². The van der Waals surface area contributed by atoms with Crippen molar-refractivity contribution in [2.75, 3.05) is 5.32 Å². The van der Waals surface area contributed by atoms with Gasteiger partial charge in [-0.15, -0.1) is 0 Å². The molecule has 4 aromatic rings. The number of hydrogen-bond acceptors (Lipinski definition) is 6. The van der Waals surface area contributed by atoms with Gasteiger partial charge < -0.3 is 15.4 Å². The van der Waals surface area contributed by atoms with Crippen LogP contribution in [-0.2, 0) is 0 Å². The van der Waals surface area contributed by atoms with Crippen molar-refractivity contribution in [3.05, 3.63) is 76.5 Å². The van der Waals surface area contributed by atoms with Crippen molar-refractivity contribution < 1.29 is 14.8 Å². The lowest BCUT2D eigenvalue weighted by molar-refractivity contribution is -0.384. The number of phenolic OH excluding ortho intramolecular Hbond substituents is 1. The molecular weight excluding hydrogens is 362 g/mol. The minimum absolute atomic E-state index is 0.217. The summed E-state index contributed by atoms with van der Waals surface area (Å²) in [6.07, 6.45) is 1.58. The number of imidazole rings is 1. The van der Waals surface area contributed by atoms with E-state index in [2.05, 4.69) is 20.3 Å². The van der Waals surface area contributed by atoms with Crippen molar-refractivity contribution >= 4 is 28.4 Å². The quantitative estimate of drug-likeness (QED) is 0.369. The number of phenols is 1. The number of non-ortho nitro benzene ring substituents is 1. The highest BCUT2D eigenvalue weighted by Gasteiger charge is 2.15. The summed E-state index contributed by atoms with van der Waals surface area (Å²) in [7, 11) is 0. The lowest BCUT2D eigenvalue weighted by atomic mass is 10.1. The monoisotopic (exact) mass is 375 g/mol. The minimum atomic E-state index is -0.589. The molecule has 2 aromatic heterocycles. The molecule has 1 amide bonds. The highest BCUT2D eigenvalue weighted by Crippen LogP contribution is 2.32. The van der Waals surface area contributed by atoms with Crippen LogP contribution in [0.25, 0.3) is 22.4 Å². The smallest absolute Gasteiger partial charge is 0.273 e. The maximum Gasteiger partial charge on any atom is 0.273 e. The van der Waals surface area contributed by atoms with Gasteiger partial charge in [0.25, 0.3) is 11.6 Å². The summed E-state index contributed by atoms with van der Waals surface area (Å²) in [5.74, 6) is 0.190. The van der Waals surface area contributed by atoms with Gasteiger partial charge in [0.05, 0.1) is 27.6 Å². The highest BCUT2D eigenvalue weighted by atomic mass is 16.6. The molecule has 0 radical (unpaired) electrons. The molecule has 28 heavy (non-hydrogen) atoms. The van der Waals surface area contributed by atoms with Crippen LogP contribution in [0.2, 0.25) is 0 Å². The van der Waals surface area contributed by atoms with Gasteiger partial charge in [0.15, 0.2) is 0 Å². The first-order chi connectivity index (χ1) is 13.5. The Labute approximate surface area is 157 Å². The molecule has 0 fully saturated rings. The minimum Gasteiger partial charge on any atom is -0.507 e. The molecule has 0 saturated carbocycles. The van der Waals surface area contributed by atoms with E-state index in [4.69, 9.17) is 0 Å². The first kappa shape index (κ1) is 17.2. The number of nitrogens with one attached hydrogen (secondary N) is 2. The molecule has 138 valence electrons. The number of carbonyl (C=O) groups excluding carboxylic acids is 1. The Balaban J connectivity index is 1.65. The van der Waals surface area contributed by atoms with Crippen molar-refractivity contribution in [3.63, 3.8) is 0 Å². The maximum absolute atomic E-state index is 12.4. The van der Waals surface area contributed by atoms with Crippen LogP contribution in [0.4, 0.5) is 11.5 Å². The Morgan fingerprint density at radius 1 is 1.14 bits per heavy atom. The largest absolute Gasteiger partial charge is 0.507 e. The summed E-state index contributed by atoms with van der Waals surface area (Å²) in [4.78, 5) is 34.1. The van der Waals surface area contributed by atoms with Crippen LogP contribution in [0.3, 0.4) is 0 Å². The number of hydrogen-bond donors (Lipinski definition) is 3. The second-order valence-corrected chi connectivity index (χ2v) is 5.95. The zero-order chi connectivity index (χ0) is 19.7. The predicted molar refractivity (Wildman–Crippen MR) is 102 cm³/mol. The second-order valence-electron chi connectivity index (χ2n) is 5.95. The standard InChI is InChI=1S/C19H13N5O4/c25-16-10-12(24(27)28)5-6-13(16)18-21-14-7-4-11(9-15(14)22-18)19(26)23-17-3-1-2-8-20-17/h1-10,25H,(H,21,22)(H,20,23,26). The molecule has 0 unspecified atom stereocenters. The molecule has 0 atom stereocenters. The van der Waals surface area contributed by atoms with E-state index in [-0.39, 0.29) is 17.3 Å². The van der Waals surface area contributed by atoms with Gasteiger partial charge in [-0.25, -0.2) is 9.97 Å². The van der Waals surface area contributed by atoms with E-state index in [9.17, 15) is 20.0 Å². The van der Waals surface area contributed by atoms with E-state index in [0.717, 1.165) is 6.07 Å². The van der Waals surface area contributed by atoms with Crippen molar-refractivity contribution in [2.45, 2.75) is 0 Å². The van der Waals surface area contributed by atoms with E-state index >= 15 is 0 Å². The number of anilines is 1. The lowest BCUT2D eigenvalue weighted by Gasteiger charge is -2.03. The Morgan fingerprint density at radius 2 is 2.00 bits per heavy atom. The highest BCUT2D eigenvalue weighted by molar-refractivity contribution is 6.05. The van der Waals surface area contributed by atoms with E-state index in [0.29, 0.717) is 33.8 Å². The first-order valence-electron chi connectivity index (χ1n) is 8.21. The molecule has 0 aliphatic heterocycles. The number of amides is 1.